The lowest BCUT2D eigenvalue weighted by molar-refractivity contribution is 1.64. The number of fused-ring (bicyclic) bond motifs is 1. The van der Waals surface area contributed by atoms with Gasteiger partial charge < -0.3 is 0 Å². The van der Waals surface area contributed by atoms with Gasteiger partial charge in [-0.05, 0) is 34.3 Å². The molecule has 0 nitrogen and oxygen atoms in total. The Kier molecular flexibility index (Phi) is 2.88. The molecule has 1 heterocycles. The Balaban J connectivity index is 2.85. The van der Waals surface area contributed by atoms with E-state index >= 15 is 0 Å². The molecule has 0 saturated heterocycles. The van der Waals surface area contributed by atoms with Crippen molar-refractivity contribution in [2.75, 3.05) is 6.26 Å². The standard InChI is InChI=1S/C9H6BrClS2/c1-12-7-4-13-6-3-2-5(10)9(11)8(6)7/h2-4H,1H3. The molecule has 0 aliphatic rings. The average Bonchev–Trinajstić information content (AvgIpc) is 2.55. The molecule has 68 valence electrons. The van der Waals surface area contributed by atoms with Crippen molar-refractivity contribution in [3.8, 4) is 0 Å². The van der Waals surface area contributed by atoms with Crippen LogP contribution in [0.25, 0.3) is 10.1 Å². The minimum Gasteiger partial charge on any atom is -0.143 e. The molecule has 2 rings (SSSR count). The second kappa shape index (κ2) is 3.81. The monoisotopic (exact) mass is 292 g/mol. The largest absolute Gasteiger partial charge is 0.143 e. The highest BCUT2D eigenvalue weighted by Crippen LogP contribution is 2.40. The predicted octanol–water partition coefficient (Wildman–Crippen LogP) is 5.04. The van der Waals surface area contributed by atoms with Crippen molar-refractivity contribution >= 4 is 60.7 Å². The zero-order valence-electron chi connectivity index (χ0n) is 6.80. The molecule has 0 unspecified atom stereocenters. The first-order chi connectivity index (χ1) is 6.24. The van der Waals surface area contributed by atoms with E-state index in [4.69, 9.17) is 11.6 Å². The molecule has 2 aromatic rings. The minimum absolute atomic E-state index is 0.822. The molecule has 0 spiro atoms. The number of thiophene rings is 1. The highest BCUT2D eigenvalue weighted by atomic mass is 79.9. The molecule has 0 N–H and O–H groups in total. The van der Waals surface area contributed by atoms with Gasteiger partial charge in [0.05, 0.1) is 5.02 Å². The van der Waals surface area contributed by atoms with E-state index in [1.165, 1.54) is 15.0 Å². The summed E-state index contributed by atoms with van der Waals surface area (Å²) in [6, 6.07) is 4.08. The quantitative estimate of drug-likeness (QED) is 0.664. The summed E-state index contributed by atoms with van der Waals surface area (Å²) in [6.45, 7) is 0. The van der Waals surface area contributed by atoms with Gasteiger partial charge in [0.15, 0.2) is 0 Å². The van der Waals surface area contributed by atoms with E-state index in [1.54, 1.807) is 23.1 Å². The second-order valence-corrected chi connectivity index (χ2v) is 5.53. The SMILES string of the molecule is CSc1csc2ccc(Br)c(Cl)c12. The summed E-state index contributed by atoms with van der Waals surface area (Å²) >= 11 is 13.1. The van der Waals surface area contributed by atoms with Gasteiger partial charge in [-0.15, -0.1) is 23.1 Å². The number of thioether (sulfide) groups is 1. The Bertz CT molecular complexity index is 450. The summed E-state index contributed by atoms with van der Waals surface area (Å²) in [5.41, 5.74) is 0. The van der Waals surface area contributed by atoms with Crippen molar-refractivity contribution in [1.82, 2.24) is 0 Å². The van der Waals surface area contributed by atoms with Gasteiger partial charge in [0, 0.05) is 24.8 Å². The molecule has 0 fully saturated rings. The van der Waals surface area contributed by atoms with Crippen molar-refractivity contribution in [2.24, 2.45) is 0 Å². The van der Waals surface area contributed by atoms with Crippen LogP contribution in [-0.2, 0) is 0 Å². The summed E-state index contributed by atoms with van der Waals surface area (Å²) in [4.78, 5) is 1.26. The van der Waals surface area contributed by atoms with Crippen molar-refractivity contribution < 1.29 is 0 Å². The van der Waals surface area contributed by atoms with E-state index in [9.17, 15) is 0 Å². The van der Waals surface area contributed by atoms with Crippen LogP contribution in [0, 0.1) is 0 Å². The third kappa shape index (κ3) is 1.63. The molecule has 0 bridgehead atoms. The average molecular weight is 294 g/mol. The van der Waals surface area contributed by atoms with Crippen LogP contribution in [0.4, 0.5) is 0 Å². The van der Waals surface area contributed by atoms with Crippen molar-refractivity contribution in [1.29, 1.82) is 0 Å². The molecule has 1 aromatic heterocycles. The maximum absolute atomic E-state index is 6.20. The first-order valence-corrected chi connectivity index (χ1v) is 6.90. The molecule has 0 saturated carbocycles. The van der Waals surface area contributed by atoms with Gasteiger partial charge in [0.1, 0.15) is 0 Å². The van der Waals surface area contributed by atoms with Gasteiger partial charge in [-0.1, -0.05) is 11.6 Å². The van der Waals surface area contributed by atoms with E-state index in [-0.39, 0.29) is 0 Å². The van der Waals surface area contributed by atoms with E-state index < -0.39 is 0 Å². The van der Waals surface area contributed by atoms with Crippen LogP contribution < -0.4 is 0 Å². The summed E-state index contributed by atoms with van der Waals surface area (Å²) in [5, 5.41) is 4.14. The lowest BCUT2D eigenvalue weighted by Crippen LogP contribution is -1.72. The van der Waals surface area contributed by atoms with E-state index in [0.29, 0.717) is 0 Å². The number of hydrogen-bond acceptors (Lipinski definition) is 2. The highest BCUT2D eigenvalue weighted by Gasteiger charge is 2.09. The first-order valence-electron chi connectivity index (χ1n) is 3.63. The van der Waals surface area contributed by atoms with Crippen LogP contribution in [-0.4, -0.2) is 6.26 Å². The van der Waals surface area contributed by atoms with Gasteiger partial charge in [0.25, 0.3) is 0 Å². The molecule has 13 heavy (non-hydrogen) atoms. The highest BCUT2D eigenvalue weighted by molar-refractivity contribution is 9.10. The topological polar surface area (TPSA) is 0 Å². The van der Waals surface area contributed by atoms with Gasteiger partial charge in [-0.25, -0.2) is 0 Å². The van der Waals surface area contributed by atoms with Crippen LogP contribution >= 0.6 is 50.6 Å². The van der Waals surface area contributed by atoms with Crippen LogP contribution in [0.2, 0.25) is 5.02 Å². The zero-order chi connectivity index (χ0) is 9.42. The fourth-order valence-corrected chi connectivity index (χ4v) is 3.73. The smallest absolute Gasteiger partial charge is 0.0646 e. The Labute approximate surface area is 98.4 Å². The number of benzene rings is 1. The number of hydrogen-bond donors (Lipinski definition) is 0. The maximum atomic E-state index is 6.20. The molecule has 0 amide bonds. The minimum atomic E-state index is 0.822. The third-order valence-corrected chi connectivity index (χ3v) is 4.96. The Morgan fingerprint density at radius 3 is 2.92 bits per heavy atom. The Hall–Kier alpha value is 0.300. The molecule has 4 heteroatoms. The normalized spacial score (nSPS) is 11.0. The van der Waals surface area contributed by atoms with Crippen LogP contribution in [0.15, 0.2) is 26.9 Å². The molecule has 0 radical (unpaired) electrons. The number of halogens is 2. The van der Waals surface area contributed by atoms with Crippen LogP contribution in [0.5, 0.6) is 0 Å². The van der Waals surface area contributed by atoms with Gasteiger partial charge in [-0.2, -0.15) is 0 Å². The van der Waals surface area contributed by atoms with Crippen molar-refractivity contribution in [2.45, 2.75) is 4.90 Å². The van der Waals surface area contributed by atoms with Gasteiger partial charge >= 0.3 is 0 Å². The summed E-state index contributed by atoms with van der Waals surface area (Å²) < 4.78 is 2.22. The predicted molar refractivity (Wildman–Crippen MR) is 66.3 cm³/mol. The fourth-order valence-electron chi connectivity index (χ4n) is 1.19. The van der Waals surface area contributed by atoms with E-state index in [1.807, 2.05) is 6.07 Å². The molecule has 0 aliphatic carbocycles. The lowest BCUT2D eigenvalue weighted by Gasteiger charge is -1.99. The Morgan fingerprint density at radius 1 is 1.46 bits per heavy atom. The Morgan fingerprint density at radius 2 is 2.23 bits per heavy atom. The molecular weight excluding hydrogens is 288 g/mol. The van der Waals surface area contributed by atoms with Crippen molar-refractivity contribution in [3.05, 3.63) is 27.0 Å². The summed E-state index contributed by atoms with van der Waals surface area (Å²) in [7, 11) is 0. The van der Waals surface area contributed by atoms with Crippen LogP contribution in [0.3, 0.4) is 0 Å². The summed E-state index contributed by atoms with van der Waals surface area (Å²) in [6.07, 6.45) is 2.07. The molecule has 0 aliphatic heterocycles. The molecule has 1 aromatic carbocycles. The van der Waals surface area contributed by atoms with Gasteiger partial charge in [0.2, 0.25) is 0 Å². The van der Waals surface area contributed by atoms with Gasteiger partial charge in [-0.3, -0.25) is 0 Å². The van der Waals surface area contributed by atoms with E-state index in [0.717, 1.165) is 9.50 Å². The number of rotatable bonds is 1. The second-order valence-electron chi connectivity index (χ2n) is 2.54. The zero-order valence-corrected chi connectivity index (χ0v) is 10.8. The maximum Gasteiger partial charge on any atom is 0.0646 e. The van der Waals surface area contributed by atoms with Crippen molar-refractivity contribution in [3.63, 3.8) is 0 Å². The first kappa shape index (κ1) is 9.84. The van der Waals surface area contributed by atoms with E-state index in [2.05, 4.69) is 33.6 Å². The molecule has 0 atom stereocenters. The van der Waals surface area contributed by atoms with Crippen LogP contribution in [0.1, 0.15) is 0 Å². The fraction of sp³-hybridized carbons (Fsp3) is 0.111. The lowest BCUT2D eigenvalue weighted by atomic mass is 10.3. The molecular formula is C9H6BrClS2. The summed E-state index contributed by atoms with van der Waals surface area (Å²) in [5.74, 6) is 0. The third-order valence-electron chi connectivity index (χ3n) is 1.82.